The van der Waals surface area contributed by atoms with Gasteiger partial charge in [-0.3, -0.25) is 14.5 Å². The van der Waals surface area contributed by atoms with Gasteiger partial charge in [0.15, 0.2) is 5.54 Å². The van der Waals surface area contributed by atoms with Crippen molar-refractivity contribution < 1.29 is 14.4 Å². The average molecular weight is 462 g/mol. The van der Waals surface area contributed by atoms with E-state index in [2.05, 4.69) is 10.6 Å². The van der Waals surface area contributed by atoms with Crippen molar-refractivity contribution in [2.24, 2.45) is 5.92 Å². The van der Waals surface area contributed by atoms with E-state index >= 15 is 0 Å². The van der Waals surface area contributed by atoms with E-state index in [0.717, 1.165) is 15.3 Å². The molecule has 7 heteroatoms. The van der Waals surface area contributed by atoms with Crippen LogP contribution in [0.15, 0.2) is 78.2 Å². The molecule has 6 nitrogen and oxygen atoms in total. The van der Waals surface area contributed by atoms with Crippen molar-refractivity contribution >= 4 is 29.2 Å². The minimum absolute atomic E-state index is 0.164. The van der Waals surface area contributed by atoms with Crippen molar-refractivity contribution in [2.75, 3.05) is 6.54 Å². The van der Waals surface area contributed by atoms with Gasteiger partial charge in [0, 0.05) is 11.3 Å². The van der Waals surface area contributed by atoms with Crippen LogP contribution in [-0.2, 0) is 21.5 Å². The zero-order valence-corrected chi connectivity index (χ0v) is 19.5. The maximum Gasteiger partial charge on any atom is 0.325 e. The second kappa shape index (κ2) is 9.58. The molecule has 4 amide bonds. The standard InChI is InChI=1S/C26H27N3O3S/c1-18(2)23(21-14-9-15-33-21)27-22(30)17-29-24(31)26(28-25(29)32,20-12-7-4-8-13-20)16-19-10-5-3-6-11-19/h3-15,18,23H,16-17H2,1-2H3,(H,27,30)(H,28,32). The third kappa shape index (κ3) is 4.68. The first-order valence-electron chi connectivity index (χ1n) is 11.0. The van der Waals surface area contributed by atoms with Gasteiger partial charge in [-0.25, -0.2) is 4.79 Å². The van der Waals surface area contributed by atoms with Gasteiger partial charge in [-0.05, 0) is 28.5 Å². The van der Waals surface area contributed by atoms with Crippen LogP contribution in [0.25, 0.3) is 0 Å². The van der Waals surface area contributed by atoms with Gasteiger partial charge in [0.1, 0.15) is 6.54 Å². The molecule has 1 fully saturated rings. The molecule has 2 atom stereocenters. The fraction of sp³-hybridized carbons (Fsp3) is 0.269. The fourth-order valence-electron chi connectivity index (χ4n) is 4.21. The lowest BCUT2D eigenvalue weighted by molar-refractivity contribution is -0.135. The summed E-state index contributed by atoms with van der Waals surface area (Å²) in [7, 11) is 0. The molecule has 0 spiro atoms. The molecule has 2 heterocycles. The number of hydrogen-bond acceptors (Lipinski definition) is 4. The number of nitrogens with zero attached hydrogens (tertiary/aromatic N) is 1. The summed E-state index contributed by atoms with van der Waals surface area (Å²) < 4.78 is 0. The molecule has 0 radical (unpaired) electrons. The highest BCUT2D eigenvalue weighted by Crippen LogP contribution is 2.33. The number of carbonyl (C=O) groups is 3. The van der Waals surface area contributed by atoms with Crippen LogP contribution >= 0.6 is 11.3 Å². The number of imide groups is 1. The monoisotopic (exact) mass is 461 g/mol. The lowest BCUT2D eigenvalue weighted by Gasteiger charge is -2.28. The molecule has 1 aromatic heterocycles. The molecule has 1 aliphatic rings. The largest absolute Gasteiger partial charge is 0.347 e. The number of thiophene rings is 1. The van der Waals surface area contributed by atoms with Crippen molar-refractivity contribution in [3.05, 3.63) is 94.2 Å². The predicted octanol–water partition coefficient (Wildman–Crippen LogP) is 4.25. The van der Waals surface area contributed by atoms with Crippen molar-refractivity contribution in [1.82, 2.24) is 15.5 Å². The third-order valence-electron chi connectivity index (χ3n) is 5.89. The average Bonchev–Trinajstić information content (AvgIpc) is 3.42. The minimum Gasteiger partial charge on any atom is -0.347 e. The van der Waals surface area contributed by atoms with Crippen LogP contribution in [0.1, 0.15) is 35.9 Å². The van der Waals surface area contributed by atoms with Crippen LogP contribution < -0.4 is 10.6 Å². The quantitative estimate of drug-likeness (QED) is 0.492. The molecule has 1 saturated heterocycles. The number of nitrogens with one attached hydrogen (secondary N) is 2. The van der Waals surface area contributed by atoms with E-state index < -0.39 is 17.5 Å². The smallest absolute Gasteiger partial charge is 0.325 e. The molecule has 2 aromatic carbocycles. The molecule has 170 valence electrons. The molecule has 1 aliphatic heterocycles. The Hall–Kier alpha value is -3.45. The van der Waals surface area contributed by atoms with Gasteiger partial charge in [-0.1, -0.05) is 80.6 Å². The topological polar surface area (TPSA) is 78.5 Å². The lowest BCUT2D eigenvalue weighted by atomic mass is 9.83. The molecule has 2 unspecified atom stereocenters. The summed E-state index contributed by atoms with van der Waals surface area (Å²) in [6, 6.07) is 21.9. The number of urea groups is 1. The Morgan fingerprint density at radius 3 is 2.27 bits per heavy atom. The summed E-state index contributed by atoms with van der Waals surface area (Å²) >= 11 is 1.57. The summed E-state index contributed by atoms with van der Waals surface area (Å²) in [6.07, 6.45) is 0.296. The summed E-state index contributed by atoms with van der Waals surface area (Å²) in [5.41, 5.74) is 0.346. The van der Waals surface area contributed by atoms with Gasteiger partial charge < -0.3 is 10.6 Å². The summed E-state index contributed by atoms with van der Waals surface area (Å²) in [5.74, 6) is -0.624. The fourth-order valence-corrected chi connectivity index (χ4v) is 5.16. The van der Waals surface area contributed by atoms with E-state index in [1.54, 1.807) is 11.3 Å². The summed E-state index contributed by atoms with van der Waals surface area (Å²) in [6.45, 7) is 3.72. The first-order chi connectivity index (χ1) is 15.9. The Morgan fingerprint density at radius 1 is 1.00 bits per heavy atom. The maximum absolute atomic E-state index is 13.7. The molecule has 3 aromatic rings. The highest BCUT2D eigenvalue weighted by atomic mass is 32.1. The summed E-state index contributed by atoms with van der Waals surface area (Å²) in [4.78, 5) is 41.6. The van der Waals surface area contributed by atoms with E-state index in [4.69, 9.17) is 0 Å². The number of amides is 4. The van der Waals surface area contributed by atoms with Gasteiger partial charge in [0.2, 0.25) is 5.91 Å². The normalized spacial score (nSPS) is 18.9. The number of benzene rings is 2. The van der Waals surface area contributed by atoms with Crippen LogP contribution in [0.2, 0.25) is 0 Å². The van der Waals surface area contributed by atoms with Gasteiger partial charge >= 0.3 is 6.03 Å². The van der Waals surface area contributed by atoms with Crippen molar-refractivity contribution in [2.45, 2.75) is 31.8 Å². The van der Waals surface area contributed by atoms with E-state index in [9.17, 15) is 14.4 Å². The van der Waals surface area contributed by atoms with E-state index in [1.807, 2.05) is 92.0 Å². The predicted molar refractivity (Wildman–Crippen MR) is 129 cm³/mol. The molecule has 4 rings (SSSR count). The highest BCUT2D eigenvalue weighted by molar-refractivity contribution is 7.10. The molecule has 2 N–H and O–H groups in total. The van der Waals surface area contributed by atoms with E-state index in [0.29, 0.717) is 12.0 Å². The zero-order chi connectivity index (χ0) is 23.4. The van der Waals surface area contributed by atoms with Crippen LogP contribution in [0.3, 0.4) is 0 Å². The number of carbonyl (C=O) groups excluding carboxylic acids is 3. The van der Waals surface area contributed by atoms with E-state index in [-0.39, 0.29) is 24.4 Å². The van der Waals surface area contributed by atoms with Gasteiger partial charge in [-0.15, -0.1) is 11.3 Å². The van der Waals surface area contributed by atoms with Crippen LogP contribution in [0.5, 0.6) is 0 Å². The van der Waals surface area contributed by atoms with E-state index in [1.165, 1.54) is 0 Å². The Morgan fingerprint density at radius 2 is 1.67 bits per heavy atom. The summed E-state index contributed by atoms with van der Waals surface area (Å²) in [5, 5.41) is 7.87. The molecule has 33 heavy (non-hydrogen) atoms. The first-order valence-corrected chi connectivity index (χ1v) is 11.8. The SMILES string of the molecule is CC(C)C(NC(=O)CN1C(=O)NC(Cc2ccccc2)(c2ccccc2)C1=O)c1cccs1. The Kier molecular flexibility index (Phi) is 6.60. The molecule has 0 aliphatic carbocycles. The molecular formula is C26H27N3O3S. The van der Waals surface area contributed by atoms with Gasteiger partial charge in [-0.2, -0.15) is 0 Å². The third-order valence-corrected chi connectivity index (χ3v) is 6.84. The Labute approximate surface area is 197 Å². The number of rotatable bonds is 8. The first kappa shape index (κ1) is 22.7. The number of hydrogen-bond donors (Lipinski definition) is 2. The second-order valence-electron chi connectivity index (χ2n) is 8.56. The minimum atomic E-state index is -1.26. The van der Waals surface area contributed by atoms with Crippen LogP contribution in [0, 0.1) is 5.92 Å². The van der Waals surface area contributed by atoms with Crippen molar-refractivity contribution in [3.8, 4) is 0 Å². The lowest BCUT2D eigenvalue weighted by Crippen LogP contribution is -2.47. The van der Waals surface area contributed by atoms with Crippen LogP contribution in [0.4, 0.5) is 4.79 Å². The van der Waals surface area contributed by atoms with Crippen LogP contribution in [-0.4, -0.2) is 29.3 Å². The van der Waals surface area contributed by atoms with Crippen molar-refractivity contribution in [3.63, 3.8) is 0 Å². The Balaban J connectivity index is 1.58. The van der Waals surface area contributed by atoms with Crippen molar-refractivity contribution in [1.29, 1.82) is 0 Å². The molecule has 0 saturated carbocycles. The second-order valence-corrected chi connectivity index (χ2v) is 9.54. The zero-order valence-electron chi connectivity index (χ0n) is 18.7. The van der Waals surface area contributed by atoms with Gasteiger partial charge in [0.25, 0.3) is 5.91 Å². The maximum atomic E-state index is 13.7. The molecule has 0 bridgehead atoms. The highest BCUT2D eigenvalue weighted by Gasteiger charge is 2.52. The van der Waals surface area contributed by atoms with Gasteiger partial charge in [0.05, 0.1) is 6.04 Å². The Bertz CT molecular complexity index is 1120. The molecular weight excluding hydrogens is 434 g/mol.